The normalized spacial score (nSPS) is 27.5. The maximum atomic E-state index is 13.2. The van der Waals surface area contributed by atoms with Crippen LogP contribution in [0.25, 0.3) is 10.2 Å². The van der Waals surface area contributed by atoms with Gasteiger partial charge in [-0.3, -0.25) is 0 Å². The molecule has 0 saturated carbocycles. The van der Waals surface area contributed by atoms with Crippen molar-refractivity contribution in [3.05, 3.63) is 10.4 Å². The van der Waals surface area contributed by atoms with Crippen molar-refractivity contribution in [1.29, 1.82) is 0 Å². The van der Waals surface area contributed by atoms with Crippen LogP contribution in [0.2, 0.25) is 0 Å². The van der Waals surface area contributed by atoms with E-state index in [0.29, 0.717) is 24.0 Å². The molecule has 4 heterocycles. The summed E-state index contributed by atoms with van der Waals surface area (Å²) in [5, 5.41) is 3.59. The highest BCUT2D eigenvalue weighted by Crippen LogP contribution is 2.45. The lowest BCUT2D eigenvalue weighted by atomic mass is 9.87. The molecule has 3 aliphatic rings. The van der Waals surface area contributed by atoms with E-state index in [1.807, 2.05) is 0 Å². The number of anilines is 2. The number of aryl methyl sites for hydroxylation is 1. The largest absolute Gasteiger partial charge is 0.392 e. The number of alkyl halides is 3. The summed E-state index contributed by atoms with van der Waals surface area (Å²) in [4.78, 5) is 12.1. The number of hydrogen-bond acceptors (Lipinski definition) is 6. The number of rotatable bonds is 1. The third-order valence-corrected chi connectivity index (χ3v) is 7.14. The van der Waals surface area contributed by atoms with Crippen LogP contribution in [0, 0.1) is 5.92 Å². The first-order valence-electron chi connectivity index (χ1n) is 9.04. The second-order valence-corrected chi connectivity index (χ2v) is 8.72. The molecule has 2 fully saturated rings. The highest BCUT2D eigenvalue weighted by atomic mass is 35.5. The van der Waals surface area contributed by atoms with Crippen molar-refractivity contribution in [3.8, 4) is 0 Å². The van der Waals surface area contributed by atoms with E-state index in [-0.39, 0.29) is 31.2 Å². The molecule has 0 amide bonds. The third kappa shape index (κ3) is 3.23. The van der Waals surface area contributed by atoms with Gasteiger partial charge in [-0.15, -0.1) is 23.7 Å². The van der Waals surface area contributed by atoms with Crippen LogP contribution in [0.4, 0.5) is 24.9 Å². The van der Waals surface area contributed by atoms with Crippen LogP contribution in [0.5, 0.6) is 0 Å². The SMILES string of the molecule is Cl.Nc1nc(N2CC3CCC(C2)N3)c2sc3c(c2n1)CC(C(F)(F)F)CC3. The summed E-state index contributed by atoms with van der Waals surface area (Å²) in [6.45, 7) is 1.71. The Morgan fingerprint density at radius 1 is 1.11 bits per heavy atom. The Balaban J connectivity index is 0.00000180. The van der Waals surface area contributed by atoms with E-state index >= 15 is 0 Å². The molecule has 0 radical (unpaired) electrons. The molecule has 1 aliphatic carbocycles. The van der Waals surface area contributed by atoms with E-state index in [2.05, 4.69) is 20.2 Å². The fraction of sp³-hybridized carbons (Fsp3) is 0.647. The van der Waals surface area contributed by atoms with Gasteiger partial charge in [-0.1, -0.05) is 0 Å². The summed E-state index contributed by atoms with van der Waals surface area (Å²) in [7, 11) is 0. The summed E-state index contributed by atoms with van der Waals surface area (Å²) in [6, 6.07) is 0.897. The quantitative estimate of drug-likeness (QED) is 0.742. The first kappa shape index (κ1) is 19.0. The topological polar surface area (TPSA) is 67.1 Å². The van der Waals surface area contributed by atoms with Crippen LogP contribution in [0.1, 0.15) is 29.7 Å². The van der Waals surface area contributed by atoms with Gasteiger partial charge in [0.1, 0.15) is 0 Å². The predicted octanol–water partition coefficient (Wildman–Crippen LogP) is 3.30. The number of nitrogens with two attached hydrogens (primary N) is 1. The standard InChI is InChI=1S/C17H20F3N5S.ClH/c18-17(19,20)8-1-4-12-11(5-8)13-14(26-12)15(24-16(21)23-13)25-6-9-2-3-10(7-25)22-9;/h8-10,22H,1-7H2,(H2,21,23,24);1H. The van der Waals surface area contributed by atoms with E-state index in [1.165, 1.54) is 0 Å². The highest BCUT2D eigenvalue weighted by molar-refractivity contribution is 7.19. The average Bonchev–Trinajstić information content (AvgIpc) is 3.12. The number of aromatic nitrogens is 2. The van der Waals surface area contributed by atoms with Crippen LogP contribution in [-0.4, -0.2) is 41.3 Å². The van der Waals surface area contributed by atoms with Gasteiger partial charge >= 0.3 is 6.18 Å². The fourth-order valence-corrected chi connectivity index (χ4v) is 5.90. The summed E-state index contributed by atoms with van der Waals surface area (Å²) in [6.07, 6.45) is -1.25. The van der Waals surface area contributed by atoms with Crippen LogP contribution in [0.15, 0.2) is 0 Å². The molecule has 2 aromatic rings. The molecular formula is C17H21ClF3N5S. The van der Waals surface area contributed by atoms with E-state index in [0.717, 1.165) is 46.9 Å². The molecule has 3 unspecified atom stereocenters. The molecule has 5 nitrogen and oxygen atoms in total. The zero-order valence-electron chi connectivity index (χ0n) is 14.6. The molecule has 5 rings (SSSR count). The monoisotopic (exact) mass is 419 g/mol. The van der Waals surface area contributed by atoms with Gasteiger partial charge in [0, 0.05) is 30.1 Å². The molecule has 27 heavy (non-hydrogen) atoms. The van der Waals surface area contributed by atoms with Crippen LogP contribution < -0.4 is 16.0 Å². The lowest BCUT2D eigenvalue weighted by Gasteiger charge is -2.33. The molecule has 3 N–H and O–H groups in total. The van der Waals surface area contributed by atoms with Crippen molar-refractivity contribution in [2.75, 3.05) is 23.7 Å². The number of nitrogens with zero attached hydrogens (tertiary/aromatic N) is 3. The van der Waals surface area contributed by atoms with Gasteiger partial charge in [0.2, 0.25) is 5.95 Å². The molecule has 3 atom stereocenters. The van der Waals surface area contributed by atoms with Crippen molar-refractivity contribution in [2.24, 2.45) is 5.92 Å². The number of piperazine rings is 1. The minimum Gasteiger partial charge on any atom is -0.368 e. The van der Waals surface area contributed by atoms with E-state index in [4.69, 9.17) is 5.73 Å². The van der Waals surface area contributed by atoms with Gasteiger partial charge in [-0.2, -0.15) is 18.2 Å². The lowest BCUT2D eigenvalue weighted by molar-refractivity contribution is -0.176. The maximum Gasteiger partial charge on any atom is 0.392 e. The molecule has 2 aliphatic heterocycles. The van der Waals surface area contributed by atoms with Gasteiger partial charge < -0.3 is 16.0 Å². The van der Waals surface area contributed by atoms with Crippen molar-refractivity contribution in [1.82, 2.24) is 15.3 Å². The Labute approximate surface area is 164 Å². The molecule has 2 bridgehead atoms. The molecule has 2 saturated heterocycles. The maximum absolute atomic E-state index is 13.2. The summed E-state index contributed by atoms with van der Waals surface area (Å²) < 4.78 is 40.5. The summed E-state index contributed by atoms with van der Waals surface area (Å²) in [5.41, 5.74) is 7.31. The lowest BCUT2D eigenvalue weighted by Crippen LogP contribution is -2.51. The average molecular weight is 420 g/mol. The highest BCUT2D eigenvalue weighted by Gasteiger charge is 2.42. The predicted molar refractivity (Wildman–Crippen MR) is 103 cm³/mol. The van der Waals surface area contributed by atoms with Crippen LogP contribution >= 0.6 is 23.7 Å². The van der Waals surface area contributed by atoms with E-state index in [9.17, 15) is 13.2 Å². The number of thiophene rings is 1. The number of nitrogens with one attached hydrogen (secondary N) is 1. The molecule has 0 aromatic carbocycles. The summed E-state index contributed by atoms with van der Waals surface area (Å²) in [5.74, 6) is -0.343. The minimum atomic E-state index is -4.16. The zero-order valence-corrected chi connectivity index (χ0v) is 16.2. The zero-order chi connectivity index (χ0) is 18.1. The Hall–Kier alpha value is -1.32. The summed E-state index contributed by atoms with van der Waals surface area (Å²) >= 11 is 1.55. The number of fused-ring (bicyclic) bond motifs is 5. The molecule has 0 spiro atoms. The number of halogens is 4. The first-order valence-corrected chi connectivity index (χ1v) is 9.85. The van der Waals surface area contributed by atoms with Gasteiger partial charge in [0.15, 0.2) is 5.82 Å². The molecule has 10 heteroatoms. The first-order chi connectivity index (χ1) is 12.4. The van der Waals surface area contributed by atoms with E-state index in [1.54, 1.807) is 11.3 Å². The van der Waals surface area contributed by atoms with Crippen molar-refractivity contribution >= 4 is 45.7 Å². The van der Waals surface area contributed by atoms with Crippen molar-refractivity contribution in [2.45, 2.75) is 50.4 Å². The molecule has 148 valence electrons. The Morgan fingerprint density at radius 2 is 1.81 bits per heavy atom. The van der Waals surface area contributed by atoms with Crippen molar-refractivity contribution < 1.29 is 13.2 Å². The fourth-order valence-electron chi connectivity index (χ4n) is 4.60. The third-order valence-electron chi connectivity index (χ3n) is 5.86. The van der Waals surface area contributed by atoms with Crippen LogP contribution in [0.3, 0.4) is 0 Å². The second kappa shape index (κ2) is 6.63. The second-order valence-electron chi connectivity index (χ2n) is 7.61. The number of hydrogen-bond donors (Lipinski definition) is 2. The van der Waals surface area contributed by atoms with Gasteiger partial charge in [-0.05, 0) is 37.7 Å². The molecule has 2 aromatic heterocycles. The minimum absolute atomic E-state index is 0. The van der Waals surface area contributed by atoms with Gasteiger partial charge in [0.05, 0.1) is 16.1 Å². The number of nitrogen functional groups attached to an aromatic ring is 1. The van der Waals surface area contributed by atoms with E-state index < -0.39 is 12.1 Å². The Bertz CT molecular complexity index is 858. The van der Waals surface area contributed by atoms with Crippen LogP contribution in [-0.2, 0) is 12.8 Å². The van der Waals surface area contributed by atoms with Gasteiger partial charge in [0.25, 0.3) is 0 Å². The Kier molecular flexibility index (Phi) is 4.67. The van der Waals surface area contributed by atoms with Crippen molar-refractivity contribution in [3.63, 3.8) is 0 Å². The molecular weight excluding hydrogens is 399 g/mol. The van der Waals surface area contributed by atoms with Gasteiger partial charge in [-0.25, -0.2) is 4.98 Å². The smallest absolute Gasteiger partial charge is 0.368 e. The Morgan fingerprint density at radius 3 is 2.48 bits per heavy atom.